The highest BCUT2D eigenvalue weighted by molar-refractivity contribution is 6.01. The number of phenolic OH excluding ortho intramolecular Hbond substituents is 1. The van der Waals surface area contributed by atoms with Gasteiger partial charge in [-0.1, -0.05) is 18.2 Å². The Labute approximate surface area is 150 Å². The van der Waals surface area contributed by atoms with Gasteiger partial charge in [0.15, 0.2) is 0 Å². The summed E-state index contributed by atoms with van der Waals surface area (Å²) < 4.78 is 0. The fraction of sp³-hybridized carbons (Fsp3) is 0.211. The molecular weight excluding hydrogens is 334 g/mol. The molecule has 0 saturated carbocycles. The molecule has 1 fully saturated rings. The molecule has 0 bridgehead atoms. The fourth-order valence-electron chi connectivity index (χ4n) is 2.80. The molecule has 26 heavy (non-hydrogen) atoms. The van der Waals surface area contributed by atoms with Crippen molar-refractivity contribution in [3.05, 3.63) is 54.6 Å². The second-order valence-corrected chi connectivity index (χ2v) is 6.05. The normalized spacial score (nSPS) is 16.4. The lowest BCUT2D eigenvalue weighted by Gasteiger charge is -2.16. The summed E-state index contributed by atoms with van der Waals surface area (Å²) in [7, 11) is 0. The molecular formula is C19H19N3O4. The maximum atomic E-state index is 12.3. The lowest BCUT2D eigenvalue weighted by Crippen LogP contribution is -2.37. The number of phenols is 1. The largest absolute Gasteiger partial charge is 0.508 e. The van der Waals surface area contributed by atoms with Crippen molar-refractivity contribution in [2.75, 3.05) is 23.3 Å². The third-order valence-electron chi connectivity index (χ3n) is 4.14. The standard InChI is InChI=1S/C19H19N3O4/c23-16-8-6-14(7-9-16)21-17(24)11-20-19(26)13-10-18(25)22(12-13)15-4-2-1-3-5-15/h1-9,13,23H,10-12H2,(H,20,26)(H,21,24). The van der Waals surface area contributed by atoms with Gasteiger partial charge in [0.05, 0.1) is 12.5 Å². The Bertz CT molecular complexity index is 805. The topological polar surface area (TPSA) is 98.7 Å². The quantitative estimate of drug-likeness (QED) is 0.710. The number of aromatic hydroxyl groups is 1. The van der Waals surface area contributed by atoms with Crippen LogP contribution in [-0.4, -0.2) is 35.9 Å². The predicted octanol–water partition coefficient (Wildman–Crippen LogP) is 1.50. The minimum atomic E-state index is -0.482. The maximum Gasteiger partial charge on any atom is 0.243 e. The van der Waals surface area contributed by atoms with Gasteiger partial charge in [-0.2, -0.15) is 0 Å². The third kappa shape index (κ3) is 4.18. The van der Waals surface area contributed by atoms with Crippen LogP contribution in [0.3, 0.4) is 0 Å². The molecule has 3 amide bonds. The highest BCUT2D eigenvalue weighted by Gasteiger charge is 2.35. The first-order valence-electron chi connectivity index (χ1n) is 8.25. The van der Waals surface area contributed by atoms with Crippen molar-refractivity contribution in [2.24, 2.45) is 5.92 Å². The number of benzene rings is 2. The molecule has 0 aliphatic carbocycles. The highest BCUT2D eigenvalue weighted by atomic mass is 16.3. The summed E-state index contributed by atoms with van der Waals surface area (Å²) in [6, 6.07) is 15.2. The lowest BCUT2D eigenvalue weighted by atomic mass is 10.1. The Kier molecular flexibility index (Phi) is 5.17. The minimum Gasteiger partial charge on any atom is -0.508 e. The smallest absolute Gasteiger partial charge is 0.243 e. The van der Waals surface area contributed by atoms with Crippen LogP contribution in [0.2, 0.25) is 0 Å². The van der Waals surface area contributed by atoms with E-state index < -0.39 is 5.92 Å². The molecule has 7 nitrogen and oxygen atoms in total. The predicted molar refractivity (Wildman–Crippen MR) is 96.6 cm³/mol. The van der Waals surface area contributed by atoms with Gasteiger partial charge in [0.1, 0.15) is 5.75 Å². The van der Waals surface area contributed by atoms with Crippen molar-refractivity contribution >= 4 is 29.1 Å². The van der Waals surface area contributed by atoms with Gasteiger partial charge >= 0.3 is 0 Å². The van der Waals surface area contributed by atoms with E-state index in [1.54, 1.807) is 17.0 Å². The van der Waals surface area contributed by atoms with Crippen molar-refractivity contribution in [2.45, 2.75) is 6.42 Å². The monoisotopic (exact) mass is 353 g/mol. The summed E-state index contributed by atoms with van der Waals surface area (Å²) in [6.45, 7) is 0.115. The summed E-state index contributed by atoms with van der Waals surface area (Å²) in [5, 5.41) is 14.4. The van der Waals surface area contributed by atoms with Gasteiger partial charge in [0.2, 0.25) is 17.7 Å². The molecule has 2 aromatic carbocycles. The molecule has 7 heteroatoms. The average Bonchev–Trinajstić information content (AvgIpc) is 3.04. The van der Waals surface area contributed by atoms with Crippen molar-refractivity contribution in [1.29, 1.82) is 0 Å². The van der Waals surface area contributed by atoms with Crippen LogP contribution in [0.5, 0.6) is 5.75 Å². The number of para-hydroxylation sites is 1. The second kappa shape index (κ2) is 7.69. The van der Waals surface area contributed by atoms with Gasteiger partial charge < -0.3 is 20.6 Å². The van der Waals surface area contributed by atoms with E-state index in [4.69, 9.17) is 0 Å². The van der Waals surface area contributed by atoms with E-state index in [1.807, 2.05) is 30.3 Å². The van der Waals surface area contributed by atoms with E-state index in [1.165, 1.54) is 12.1 Å². The summed E-state index contributed by atoms with van der Waals surface area (Å²) in [5.41, 5.74) is 1.28. The number of rotatable bonds is 5. The van der Waals surface area contributed by atoms with E-state index in [0.717, 1.165) is 5.69 Å². The number of nitrogens with zero attached hydrogens (tertiary/aromatic N) is 1. The minimum absolute atomic E-state index is 0.102. The number of carbonyl (C=O) groups excluding carboxylic acids is 3. The van der Waals surface area contributed by atoms with Crippen LogP contribution in [0.15, 0.2) is 54.6 Å². The summed E-state index contributed by atoms with van der Waals surface area (Å²) in [4.78, 5) is 37.9. The Morgan fingerprint density at radius 1 is 1.08 bits per heavy atom. The number of amides is 3. The van der Waals surface area contributed by atoms with Gasteiger partial charge in [-0.3, -0.25) is 14.4 Å². The van der Waals surface area contributed by atoms with Gasteiger partial charge in [0.25, 0.3) is 0 Å². The van der Waals surface area contributed by atoms with E-state index in [-0.39, 0.29) is 36.4 Å². The third-order valence-corrected chi connectivity index (χ3v) is 4.14. The van der Waals surface area contributed by atoms with E-state index in [9.17, 15) is 19.5 Å². The van der Waals surface area contributed by atoms with Crippen molar-refractivity contribution in [1.82, 2.24) is 5.32 Å². The molecule has 1 aliphatic heterocycles. The molecule has 1 atom stereocenters. The SMILES string of the molecule is O=C(CNC(=O)C1CC(=O)N(c2ccccc2)C1)Nc1ccc(O)cc1. The molecule has 3 rings (SSSR count). The van der Waals surface area contributed by atoms with Crippen LogP contribution >= 0.6 is 0 Å². The Balaban J connectivity index is 1.50. The molecule has 2 aromatic rings. The van der Waals surface area contributed by atoms with Crippen LogP contribution < -0.4 is 15.5 Å². The first-order valence-corrected chi connectivity index (χ1v) is 8.25. The van der Waals surface area contributed by atoms with Crippen LogP contribution in [0.25, 0.3) is 0 Å². The van der Waals surface area contributed by atoms with Gasteiger partial charge in [0, 0.05) is 24.3 Å². The first-order chi connectivity index (χ1) is 12.5. The van der Waals surface area contributed by atoms with Crippen molar-refractivity contribution in [3.63, 3.8) is 0 Å². The Morgan fingerprint density at radius 2 is 1.77 bits per heavy atom. The highest BCUT2D eigenvalue weighted by Crippen LogP contribution is 2.24. The molecule has 1 aliphatic rings. The second-order valence-electron chi connectivity index (χ2n) is 6.05. The molecule has 0 aromatic heterocycles. The average molecular weight is 353 g/mol. The Hall–Kier alpha value is -3.35. The fourth-order valence-corrected chi connectivity index (χ4v) is 2.80. The Morgan fingerprint density at radius 3 is 2.46 bits per heavy atom. The molecule has 134 valence electrons. The van der Waals surface area contributed by atoms with Crippen LogP contribution in [0.1, 0.15) is 6.42 Å². The molecule has 3 N–H and O–H groups in total. The molecule has 0 spiro atoms. The molecule has 1 heterocycles. The van der Waals surface area contributed by atoms with E-state index >= 15 is 0 Å². The van der Waals surface area contributed by atoms with Crippen molar-refractivity contribution in [3.8, 4) is 5.75 Å². The van der Waals surface area contributed by atoms with Crippen LogP contribution in [0, 0.1) is 5.92 Å². The van der Waals surface area contributed by atoms with Crippen molar-refractivity contribution < 1.29 is 19.5 Å². The first kappa shape index (κ1) is 17.5. The van der Waals surface area contributed by atoms with E-state index in [2.05, 4.69) is 10.6 Å². The number of hydrogen-bond acceptors (Lipinski definition) is 4. The zero-order chi connectivity index (χ0) is 18.5. The molecule has 1 unspecified atom stereocenters. The number of anilines is 2. The zero-order valence-corrected chi connectivity index (χ0v) is 14.0. The molecule has 0 radical (unpaired) electrons. The summed E-state index contributed by atoms with van der Waals surface area (Å²) >= 11 is 0. The van der Waals surface area contributed by atoms with Gasteiger partial charge in [-0.15, -0.1) is 0 Å². The number of hydrogen-bond donors (Lipinski definition) is 3. The van der Waals surface area contributed by atoms with Gasteiger partial charge in [-0.25, -0.2) is 0 Å². The number of nitrogens with one attached hydrogen (secondary N) is 2. The maximum absolute atomic E-state index is 12.3. The summed E-state index contributed by atoms with van der Waals surface area (Å²) in [6.07, 6.45) is 0.125. The summed E-state index contributed by atoms with van der Waals surface area (Å²) in [5.74, 6) is -1.19. The van der Waals surface area contributed by atoms with Gasteiger partial charge in [-0.05, 0) is 36.4 Å². The lowest BCUT2D eigenvalue weighted by molar-refractivity contribution is -0.127. The molecule has 1 saturated heterocycles. The van der Waals surface area contributed by atoms with E-state index in [0.29, 0.717) is 12.2 Å². The van der Waals surface area contributed by atoms with Crippen LogP contribution in [-0.2, 0) is 14.4 Å². The zero-order valence-electron chi connectivity index (χ0n) is 14.0. The number of carbonyl (C=O) groups is 3. The van der Waals surface area contributed by atoms with Crippen LogP contribution in [0.4, 0.5) is 11.4 Å².